The van der Waals surface area contributed by atoms with Gasteiger partial charge in [-0.15, -0.1) is 0 Å². The van der Waals surface area contributed by atoms with Crippen molar-refractivity contribution in [3.05, 3.63) is 17.7 Å². The molecule has 1 aromatic rings. The van der Waals surface area contributed by atoms with Crippen molar-refractivity contribution in [2.24, 2.45) is 0 Å². The van der Waals surface area contributed by atoms with Crippen LogP contribution < -0.4 is 19.5 Å². The Labute approximate surface area is 101 Å². The third kappa shape index (κ3) is 3.00. The topological polar surface area (TPSA) is 39.7 Å². The van der Waals surface area contributed by atoms with Gasteiger partial charge in [0.1, 0.15) is 11.9 Å². The number of rotatable bonds is 6. The van der Waals surface area contributed by atoms with Crippen LogP contribution in [0.4, 0.5) is 4.39 Å². The first-order valence-electron chi connectivity index (χ1n) is 5.26. The van der Waals surface area contributed by atoms with Gasteiger partial charge in [0, 0.05) is 18.2 Å². The van der Waals surface area contributed by atoms with Crippen LogP contribution >= 0.6 is 0 Å². The minimum atomic E-state index is -1.16. The molecule has 4 nitrogen and oxygen atoms in total. The zero-order chi connectivity index (χ0) is 12.8. The first-order valence-corrected chi connectivity index (χ1v) is 5.26. The highest BCUT2D eigenvalue weighted by Crippen LogP contribution is 2.38. The standard InChI is InChI=1S/C12H18FNO3/c1-14-7-9(13)8-5-11(16-3)12(17-4)6-10(8)15-2/h5-6,9,14H,7H2,1-4H3. The molecule has 0 amide bonds. The lowest BCUT2D eigenvalue weighted by Gasteiger charge is -2.16. The highest BCUT2D eigenvalue weighted by atomic mass is 19.1. The molecule has 0 bridgehead atoms. The van der Waals surface area contributed by atoms with E-state index in [0.717, 1.165) is 0 Å². The summed E-state index contributed by atoms with van der Waals surface area (Å²) in [6.45, 7) is 0.214. The Hall–Kier alpha value is -1.49. The van der Waals surface area contributed by atoms with E-state index in [1.54, 1.807) is 19.2 Å². The molecule has 0 aliphatic rings. The number of hydrogen-bond donors (Lipinski definition) is 1. The van der Waals surface area contributed by atoms with Crippen LogP contribution in [0.15, 0.2) is 12.1 Å². The Morgan fingerprint density at radius 1 is 1.06 bits per heavy atom. The van der Waals surface area contributed by atoms with E-state index in [9.17, 15) is 4.39 Å². The van der Waals surface area contributed by atoms with Crippen molar-refractivity contribution in [1.29, 1.82) is 0 Å². The van der Waals surface area contributed by atoms with Crippen molar-refractivity contribution in [2.75, 3.05) is 34.9 Å². The number of ether oxygens (including phenoxy) is 3. The molecule has 0 radical (unpaired) electrons. The smallest absolute Gasteiger partial charge is 0.164 e. The summed E-state index contributed by atoms with van der Waals surface area (Å²) in [7, 11) is 6.23. The number of benzene rings is 1. The quantitative estimate of drug-likeness (QED) is 0.829. The molecule has 0 fully saturated rings. The van der Waals surface area contributed by atoms with Gasteiger partial charge in [0.15, 0.2) is 11.5 Å². The summed E-state index contributed by atoms with van der Waals surface area (Å²) < 4.78 is 29.3. The summed E-state index contributed by atoms with van der Waals surface area (Å²) in [5, 5.41) is 2.78. The zero-order valence-corrected chi connectivity index (χ0v) is 10.5. The van der Waals surface area contributed by atoms with Crippen molar-refractivity contribution >= 4 is 0 Å². The van der Waals surface area contributed by atoms with Crippen molar-refractivity contribution in [1.82, 2.24) is 5.32 Å². The van der Waals surface area contributed by atoms with Crippen LogP contribution in [0.1, 0.15) is 11.7 Å². The number of halogens is 1. The first kappa shape index (κ1) is 13.6. The molecule has 17 heavy (non-hydrogen) atoms. The summed E-state index contributed by atoms with van der Waals surface area (Å²) in [6, 6.07) is 3.22. The maximum Gasteiger partial charge on any atom is 0.164 e. The molecule has 0 saturated carbocycles. The van der Waals surface area contributed by atoms with Crippen molar-refractivity contribution in [3.63, 3.8) is 0 Å². The Morgan fingerprint density at radius 2 is 1.59 bits per heavy atom. The van der Waals surface area contributed by atoms with Crippen molar-refractivity contribution in [2.45, 2.75) is 6.17 Å². The molecule has 1 N–H and O–H groups in total. The van der Waals surface area contributed by atoms with E-state index in [-0.39, 0.29) is 6.54 Å². The van der Waals surface area contributed by atoms with Crippen LogP contribution in [-0.4, -0.2) is 34.9 Å². The second-order valence-corrected chi connectivity index (χ2v) is 3.47. The lowest BCUT2D eigenvalue weighted by Crippen LogP contribution is -2.14. The number of methoxy groups -OCH3 is 3. The van der Waals surface area contributed by atoms with Gasteiger partial charge >= 0.3 is 0 Å². The predicted molar refractivity (Wildman–Crippen MR) is 63.9 cm³/mol. The van der Waals surface area contributed by atoms with Crippen LogP contribution in [0.25, 0.3) is 0 Å². The lowest BCUT2D eigenvalue weighted by atomic mass is 10.1. The van der Waals surface area contributed by atoms with Gasteiger partial charge in [-0.1, -0.05) is 0 Å². The van der Waals surface area contributed by atoms with Crippen LogP contribution in [0, 0.1) is 0 Å². The van der Waals surface area contributed by atoms with E-state index in [1.165, 1.54) is 21.3 Å². The second-order valence-electron chi connectivity index (χ2n) is 3.47. The molecule has 0 aliphatic carbocycles. The van der Waals surface area contributed by atoms with E-state index in [0.29, 0.717) is 22.8 Å². The zero-order valence-electron chi connectivity index (χ0n) is 10.5. The van der Waals surface area contributed by atoms with E-state index in [4.69, 9.17) is 14.2 Å². The molecular weight excluding hydrogens is 225 g/mol. The first-order chi connectivity index (χ1) is 8.17. The van der Waals surface area contributed by atoms with Gasteiger partial charge in [-0.05, 0) is 13.1 Å². The predicted octanol–water partition coefficient (Wildman–Crippen LogP) is 1.94. The van der Waals surface area contributed by atoms with E-state index >= 15 is 0 Å². The third-order valence-corrected chi connectivity index (χ3v) is 2.46. The Balaban J connectivity index is 3.18. The van der Waals surface area contributed by atoms with E-state index in [2.05, 4.69) is 5.32 Å². The average molecular weight is 243 g/mol. The van der Waals surface area contributed by atoms with Crippen LogP contribution in [0.5, 0.6) is 17.2 Å². The molecule has 0 saturated heterocycles. The lowest BCUT2D eigenvalue weighted by molar-refractivity contribution is 0.309. The number of hydrogen-bond acceptors (Lipinski definition) is 4. The fraction of sp³-hybridized carbons (Fsp3) is 0.500. The highest BCUT2D eigenvalue weighted by Gasteiger charge is 2.18. The molecule has 96 valence electrons. The Morgan fingerprint density at radius 3 is 2.06 bits per heavy atom. The van der Waals surface area contributed by atoms with Gasteiger partial charge in [0.05, 0.1) is 21.3 Å². The minimum Gasteiger partial charge on any atom is -0.496 e. The Bertz CT molecular complexity index is 371. The largest absolute Gasteiger partial charge is 0.496 e. The maximum atomic E-state index is 13.9. The SMILES string of the molecule is CNCC(F)c1cc(OC)c(OC)cc1OC. The van der Waals surface area contributed by atoms with Gasteiger partial charge in [-0.3, -0.25) is 0 Å². The maximum absolute atomic E-state index is 13.9. The summed E-state index contributed by atoms with van der Waals surface area (Å²) >= 11 is 0. The van der Waals surface area contributed by atoms with Crippen LogP contribution in [-0.2, 0) is 0 Å². The van der Waals surface area contributed by atoms with E-state index < -0.39 is 6.17 Å². The van der Waals surface area contributed by atoms with Gasteiger partial charge in [-0.2, -0.15) is 0 Å². The molecule has 1 unspecified atom stereocenters. The molecule has 1 rings (SSSR count). The molecular formula is C12H18FNO3. The van der Waals surface area contributed by atoms with E-state index in [1.807, 2.05) is 0 Å². The van der Waals surface area contributed by atoms with Crippen molar-refractivity contribution < 1.29 is 18.6 Å². The monoisotopic (exact) mass is 243 g/mol. The number of alkyl halides is 1. The fourth-order valence-corrected chi connectivity index (χ4v) is 1.59. The van der Waals surface area contributed by atoms with Crippen molar-refractivity contribution in [3.8, 4) is 17.2 Å². The third-order valence-electron chi connectivity index (χ3n) is 2.46. The van der Waals surface area contributed by atoms with Gasteiger partial charge in [0.2, 0.25) is 0 Å². The van der Waals surface area contributed by atoms with Gasteiger partial charge in [0.25, 0.3) is 0 Å². The van der Waals surface area contributed by atoms with Gasteiger partial charge < -0.3 is 19.5 Å². The molecule has 1 aromatic carbocycles. The number of likely N-dealkylation sites (N-methyl/N-ethyl adjacent to an activating group) is 1. The van der Waals surface area contributed by atoms with Crippen LogP contribution in [0.3, 0.4) is 0 Å². The molecule has 1 atom stereocenters. The minimum absolute atomic E-state index is 0.214. The van der Waals surface area contributed by atoms with Gasteiger partial charge in [-0.25, -0.2) is 4.39 Å². The summed E-state index contributed by atoms with van der Waals surface area (Å²) in [4.78, 5) is 0. The highest BCUT2D eigenvalue weighted by molar-refractivity contribution is 5.51. The number of nitrogens with one attached hydrogen (secondary N) is 1. The molecule has 0 aromatic heterocycles. The summed E-state index contributed by atoms with van der Waals surface area (Å²) in [6.07, 6.45) is -1.16. The normalized spacial score (nSPS) is 12.1. The Kier molecular flexibility index (Phi) is 5.03. The summed E-state index contributed by atoms with van der Waals surface area (Å²) in [5.41, 5.74) is 0.444. The molecule has 0 aliphatic heterocycles. The average Bonchev–Trinajstić information content (AvgIpc) is 2.37. The molecule has 5 heteroatoms. The molecule has 0 spiro atoms. The molecule has 0 heterocycles. The second kappa shape index (κ2) is 6.30. The van der Waals surface area contributed by atoms with Crippen LogP contribution in [0.2, 0.25) is 0 Å². The summed E-state index contributed by atoms with van der Waals surface area (Å²) in [5.74, 6) is 1.46. The fourth-order valence-electron chi connectivity index (χ4n) is 1.59.